The van der Waals surface area contributed by atoms with Gasteiger partial charge in [0.25, 0.3) is 0 Å². The molecule has 0 amide bonds. The van der Waals surface area contributed by atoms with Crippen molar-refractivity contribution in [2.75, 3.05) is 5.33 Å². The van der Waals surface area contributed by atoms with E-state index in [1.54, 1.807) is 0 Å². The molecule has 1 radical (unpaired) electrons. The number of unbranched alkanes of at least 4 members (excludes halogenated alkanes) is 2. The van der Waals surface area contributed by atoms with E-state index in [9.17, 15) is 0 Å². The highest BCUT2D eigenvalue weighted by molar-refractivity contribution is 9.09. The van der Waals surface area contributed by atoms with Gasteiger partial charge in [0.15, 0.2) is 0 Å². The highest BCUT2D eigenvalue weighted by atomic mass is 79.9. The molecule has 0 spiro atoms. The van der Waals surface area contributed by atoms with Crippen molar-refractivity contribution < 1.29 is 0 Å². The smallest absolute Gasteiger partial charge is 0.00313 e. The van der Waals surface area contributed by atoms with Crippen LogP contribution < -0.4 is 0 Å². The Hall–Kier alpha value is 0.480. The van der Waals surface area contributed by atoms with Crippen LogP contribution in [0.1, 0.15) is 40.0 Å². The Bertz CT molecular complexity index is 71.3. The third-order valence-electron chi connectivity index (χ3n) is 1.34. The zero-order valence-corrected chi connectivity index (χ0v) is 8.87. The average molecular weight is 206 g/mol. The molecule has 0 atom stereocenters. The van der Waals surface area contributed by atoms with Crippen LogP contribution in [0, 0.1) is 11.8 Å². The van der Waals surface area contributed by atoms with Gasteiger partial charge in [0.2, 0.25) is 0 Å². The molecular formula is C9H18Br. The average Bonchev–Trinajstić information content (AvgIpc) is 1.78. The molecular weight excluding hydrogens is 188 g/mol. The zero-order valence-electron chi connectivity index (χ0n) is 7.28. The molecule has 0 aromatic rings. The maximum Gasteiger partial charge on any atom is 0.00313 e. The molecule has 0 aromatic heterocycles. The molecule has 1 heteroatoms. The Morgan fingerprint density at radius 1 is 1.20 bits per heavy atom. The molecule has 0 heterocycles. The normalized spacial score (nSPS) is 12.0. The molecule has 0 saturated carbocycles. The van der Waals surface area contributed by atoms with Crippen LogP contribution in [0.15, 0.2) is 0 Å². The summed E-state index contributed by atoms with van der Waals surface area (Å²) in [5, 5.41) is 1.14. The highest BCUT2D eigenvalue weighted by Crippen LogP contribution is 2.20. The van der Waals surface area contributed by atoms with Crippen molar-refractivity contribution in [1.82, 2.24) is 0 Å². The summed E-state index contributed by atoms with van der Waals surface area (Å²) in [5.41, 5.74) is 0.409. The summed E-state index contributed by atoms with van der Waals surface area (Å²) in [6.07, 6.45) is 6.28. The van der Waals surface area contributed by atoms with E-state index < -0.39 is 0 Å². The van der Waals surface area contributed by atoms with Gasteiger partial charge in [-0.3, -0.25) is 0 Å². The van der Waals surface area contributed by atoms with Gasteiger partial charge in [0.05, 0.1) is 0 Å². The van der Waals surface area contributed by atoms with Gasteiger partial charge < -0.3 is 0 Å². The Morgan fingerprint density at radius 3 is 2.20 bits per heavy atom. The van der Waals surface area contributed by atoms with E-state index in [0.29, 0.717) is 5.41 Å². The first kappa shape index (κ1) is 10.5. The first-order valence-corrected chi connectivity index (χ1v) is 5.09. The van der Waals surface area contributed by atoms with E-state index >= 15 is 0 Å². The van der Waals surface area contributed by atoms with Gasteiger partial charge in [-0.05, 0) is 24.7 Å². The summed E-state index contributed by atoms with van der Waals surface area (Å²) in [5.74, 6) is 0. The summed E-state index contributed by atoms with van der Waals surface area (Å²) >= 11 is 3.42. The molecule has 0 saturated heterocycles. The van der Waals surface area contributed by atoms with Gasteiger partial charge in [-0.2, -0.15) is 0 Å². The van der Waals surface area contributed by atoms with E-state index in [4.69, 9.17) is 0 Å². The molecule has 0 N–H and O–H groups in total. The van der Waals surface area contributed by atoms with Crippen molar-refractivity contribution >= 4 is 15.9 Å². The SMILES string of the molecule is CC(C)(C)[CH]CCCCBr. The van der Waals surface area contributed by atoms with Crippen LogP contribution in [0.5, 0.6) is 0 Å². The Morgan fingerprint density at radius 2 is 1.80 bits per heavy atom. The summed E-state index contributed by atoms with van der Waals surface area (Å²) in [4.78, 5) is 0. The predicted octanol–water partition coefficient (Wildman–Crippen LogP) is 3.80. The van der Waals surface area contributed by atoms with Crippen LogP contribution in [0.4, 0.5) is 0 Å². The quantitative estimate of drug-likeness (QED) is 0.484. The van der Waals surface area contributed by atoms with Crippen molar-refractivity contribution in [1.29, 1.82) is 0 Å². The minimum Gasteiger partial charge on any atom is -0.0928 e. The highest BCUT2D eigenvalue weighted by Gasteiger charge is 2.08. The number of rotatable bonds is 4. The second kappa shape index (κ2) is 5.17. The zero-order chi connectivity index (χ0) is 8.04. The second-order valence-electron chi connectivity index (χ2n) is 3.75. The predicted molar refractivity (Wildman–Crippen MR) is 51.4 cm³/mol. The fraction of sp³-hybridized carbons (Fsp3) is 0.889. The largest absolute Gasteiger partial charge is 0.0928 e. The number of hydrogen-bond acceptors (Lipinski definition) is 0. The maximum atomic E-state index is 3.42. The lowest BCUT2D eigenvalue weighted by atomic mass is 9.90. The first-order chi connectivity index (χ1) is 4.56. The van der Waals surface area contributed by atoms with Crippen molar-refractivity contribution in [2.45, 2.75) is 40.0 Å². The minimum absolute atomic E-state index is 0.409. The summed E-state index contributed by atoms with van der Waals surface area (Å²) in [7, 11) is 0. The van der Waals surface area contributed by atoms with Gasteiger partial charge in [-0.1, -0.05) is 43.1 Å². The van der Waals surface area contributed by atoms with Crippen LogP contribution in [-0.2, 0) is 0 Å². The third kappa shape index (κ3) is 8.48. The molecule has 0 aliphatic heterocycles. The van der Waals surface area contributed by atoms with Crippen LogP contribution in [0.2, 0.25) is 0 Å². The van der Waals surface area contributed by atoms with Crippen LogP contribution in [0.3, 0.4) is 0 Å². The molecule has 0 aliphatic rings. The van der Waals surface area contributed by atoms with Crippen molar-refractivity contribution in [3.63, 3.8) is 0 Å². The number of hydrogen-bond donors (Lipinski definition) is 0. The lowest BCUT2D eigenvalue weighted by Gasteiger charge is -2.16. The summed E-state index contributed by atoms with van der Waals surface area (Å²) in [6, 6.07) is 0. The fourth-order valence-corrected chi connectivity index (χ4v) is 1.17. The molecule has 10 heavy (non-hydrogen) atoms. The summed E-state index contributed by atoms with van der Waals surface area (Å²) < 4.78 is 0. The van der Waals surface area contributed by atoms with Crippen LogP contribution >= 0.6 is 15.9 Å². The number of halogens is 1. The molecule has 0 aliphatic carbocycles. The summed E-state index contributed by atoms with van der Waals surface area (Å²) in [6.45, 7) is 6.75. The molecule has 61 valence electrons. The maximum absolute atomic E-state index is 3.42. The standard InChI is InChI=1S/C9H18Br/c1-9(2,3)7-5-4-6-8-10/h7H,4-6,8H2,1-3H3. The van der Waals surface area contributed by atoms with Gasteiger partial charge >= 0.3 is 0 Å². The molecule has 0 bridgehead atoms. The lowest BCUT2D eigenvalue weighted by Crippen LogP contribution is -2.04. The van der Waals surface area contributed by atoms with Crippen molar-refractivity contribution in [2.24, 2.45) is 5.41 Å². The van der Waals surface area contributed by atoms with Gasteiger partial charge in [-0.15, -0.1) is 0 Å². The van der Waals surface area contributed by atoms with Crippen LogP contribution in [0.25, 0.3) is 0 Å². The van der Waals surface area contributed by atoms with Crippen molar-refractivity contribution in [3.05, 3.63) is 6.42 Å². The third-order valence-corrected chi connectivity index (χ3v) is 1.91. The van der Waals surface area contributed by atoms with E-state index in [0.717, 1.165) is 5.33 Å². The minimum atomic E-state index is 0.409. The monoisotopic (exact) mass is 205 g/mol. The van der Waals surface area contributed by atoms with Gasteiger partial charge in [0, 0.05) is 5.33 Å². The Kier molecular flexibility index (Phi) is 5.42. The van der Waals surface area contributed by atoms with E-state index in [-0.39, 0.29) is 0 Å². The molecule has 0 nitrogen and oxygen atoms in total. The fourth-order valence-electron chi connectivity index (χ4n) is 0.774. The van der Waals surface area contributed by atoms with E-state index in [2.05, 4.69) is 43.1 Å². The Labute approximate surface area is 73.5 Å². The lowest BCUT2D eigenvalue weighted by molar-refractivity contribution is 0.467. The molecule has 0 aromatic carbocycles. The van der Waals surface area contributed by atoms with Gasteiger partial charge in [-0.25, -0.2) is 0 Å². The number of alkyl halides is 1. The van der Waals surface area contributed by atoms with E-state index in [1.807, 2.05) is 0 Å². The second-order valence-corrected chi connectivity index (χ2v) is 4.55. The van der Waals surface area contributed by atoms with Crippen molar-refractivity contribution in [3.8, 4) is 0 Å². The van der Waals surface area contributed by atoms with Crippen LogP contribution in [-0.4, -0.2) is 5.33 Å². The Balaban J connectivity index is 3.04. The molecule has 0 fully saturated rings. The molecule has 0 unspecified atom stereocenters. The molecule has 0 rings (SSSR count). The van der Waals surface area contributed by atoms with E-state index in [1.165, 1.54) is 19.3 Å². The topological polar surface area (TPSA) is 0 Å². The van der Waals surface area contributed by atoms with Gasteiger partial charge in [0.1, 0.15) is 0 Å². The first-order valence-electron chi connectivity index (χ1n) is 3.96.